The van der Waals surface area contributed by atoms with Gasteiger partial charge in [0.2, 0.25) is 0 Å². The largest absolute Gasteiger partial charge is 0.497 e. The van der Waals surface area contributed by atoms with Crippen LogP contribution in [0.3, 0.4) is 0 Å². The maximum absolute atomic E-state index is 6.42. The molecule has 106 valence electrons. The first-order valence-corrected chi connectivity index (χ1v) is 7.09. The predicted molar refractivity (Wildman–Crippen MR) is 84.5 cm³/mol. The normalized spacial score (nSPS) is 12.1. The Morgan fingerprint density at radius 2 is 1.75 bits per heavy atom. The van der Waals surface area contributed by atoms with E-state index in [0.29, 0.717) is 0 Å². The first-order valence-electron chi connectivity index (χ1n) is 6.30. The van der Waals surface area contributed by atoms with Crippen LogP contribution in [-0.2, 0) is 0 Å². The third-order valence-electron chi connectivity index (χ3n) is 3.26. The number of aryl methyl sites for hydroxylation is 1. The van der Waals surface area contributed by atoms with Crippen molar-refractivity contribution >= 4 is 15.9 Å². The fraction of sp³-hybridized carbons (Fsp3) is 0.250. The molecule has 2 N–H and O–H groups in total. The minimum absolute atomic E-state index is 0.283. The predicted octanol–water partition coefficient (Wildman–Crippen LogP) is 3.82. The van der Waals surface area contributed by atoms with E-state index in [0.717, 1.165) is 27.1 Å². The lowest BCUT2D eigenvalue weighted by molar-refractivity contribution is 0.397. The minimum Gasteiger partial charge on any atom is -0.497 e. The first-order chi connectivity index (χ1) is 9.56. The van der Waals surface area contributed by atoms with Gasteiger partial charge in [0.1, 0.15) is 11.5 Å². The average Bonchev–Trinajstić information content (AvgIpc) is 2.48. The number of nitrogens with two attached hydrogens (primary N) is 1. The molecule has 0 amide bonds. The lowest BCUT2D eigenvalue weighted by atomic mass is 9.97. The number of halogens is 1. The van der Waals surface area contributed by atoms with Gasteiger partial charge in [-0.3, -0.25) is 0 Å². The van der Waals surface area contributed by atoms with Gasteiger partial charge in [-0.05, 0) is 36.8 Å². The number of hydrogen-bond donors (Lipinski definition) is 1. The lowest BCUT2D eigenvalue weighted by Gasteiger charge is -2.19. The number of ether oxygens (including phenoxy) is 2. The van der Waals surface area contributed by atoms with Crippen LogP contribution < -0.4 is 15.2 Å². The Kier molecular flexibility index (Phi) is 4.68. The first kappa shape index (κ1) is 14.9. The van der Waals surface area contributed by atoms with Crippen molar-refractivity contribution < 1.29 is 9.47 Å². The molecule has 0 aliphatic rings. The van der Waals surface area contributed by atoms with E-state index in [4.69, 9.17) is 15.2 Å². The molecule has 2 rings (SSSR count). The van der Waals surface area contributed by atoms with Gasteiger partial charge in [-0.1, -0.05) is 33.6 Å². The van der Waals surface area contributed by atoms with Gasteiger partial charge in [0.05, 0.1) is 20.3 Å². The zero-order valence-electron chi connectivity index (χ0n) is 11.8. The summed E-state index contributed by atoms with van der Waals surface area (Å²) in [6.45, 7) is 2.05. The molecule has 0 bridgehead atoms. The van der Waals surface area contributed by atoms with E-state index >= 15 is 0 Å². The highest BCUT2D eigenvalue weighted by atomic mass is 79.9. The van der Waals surface area contributed by atoms with Gasteiger partial charge in [0, 0.05) is 10.0 Å². The van der Waals surface area contributed by atoms with Gasteiger partial charge < -0.3 is 15.2 Å². The van der Waals surface area contributed by atoms with Gasteiger partial charge in [-0.25, -0.2) is 0 Å². The molecule has 3 nitrogen and oxygen atoms in total. The van der Waals surface area contributed by atoms with Crippen molar-refractivity contribution in [1.29, 1.82) is 0 Å². The van der Waals surface area contributed by atoms with E-state index in [9.17, 15) is 0 Å². The standard InChI is InChI=1S/C16H18BrNO2/c1-10-4-6-14(17)12(8-10)16(18)13-9-11(19-2)5-7-15(13)20-3/h4-9,16H,18H2,1-3H3. The van der Waals surface area contributed by atoms with Crippen molar-refractivity contribution in [2.45, 2.75) is 13.0 Å². The summed E-state index contributed by atoms with van der Waals surface area (Å²) in [5, 5.41) is 0. The van der Waals surface area contributed by atoms with Crippen LogP contribution in [0.2, 0.25) is 0 Å². The maximum atomic E-state index is 6.42. The molecule has 0 aromatic heterocycles. The zero-order valence-corrected chi connectivity index (χ0v) is 13.4. The number of rotatable bonds is 4. The van der Waals surface area contributed by atoms with Crippen LogP contribution in [0, 0.1) is 6.92 Å². The van der Waals surface area contributed by atoms with Crippen LogP contribution in [0.5, 0.6) is 11.5 Å². The highest BCUT2D eigenvalue weighted by Gasteiger charge is 2.17. The molecule has 0 aliphatic heterocycles. The van der Waals surface area contributed by atoms with Gasteiger partial charge >= 0.3 is 0 Å². The van der Waals surface area contributed by atoms with E-state index in [-0.39, 0.29) is 6.04 Å². The second-order valence-corrected chi connectivity index (χ2v) is 5.46. The Morgan fingerprint density at radius 1 is 1.00 bits per heavy atom. The topological polar surface area (TPSA) is 44.5 Å². The minimum atomic E-state index is -0.283. The molecule has 1 unspecified atom stereocenters. The summed E-state index contributed by atoms with van der Waals surface area (Å²) >= 11 is 3.56. The molecule has 0 spiro atoms. The van der Waals surface area contributed by atoms with E-state index in [1.165, 1.54) is 5.56 Å². The molecule has 2 aromatic carbocycles. The summed E-state index contributed by atoms with van der Waals surface area (Å²) in [7, 11) is 3.28. The molecule has 0 aliphatic carbocycles. The van der Waals surface area contributed by atoms with Crippen molar-refractivity contribution in [2.75, 3.05) is 14.2 Å². The highest BCUT2D eigenvalue weighted by Crippen LogP contribution is 2.34. The SMILES string of the molecule is COc1ccc(OC)c(C(N)c2cc(C)ccc2Br)c1. The summed E-state index contributed by atoms with van der Waals surface area (Å²) in [5.41, 5.74) is 9.51. The fourth-order valence-corrected chi connectivity index (χ4v) is 2.64. The van der Waals surface area contributed by atoms with Crippen molar-refractivity contribution in [3.63, 3.8) is 0 Å². The summed E-state index contributed by atoms with van der Waals surface area (Å²) in [6.07, 6.45) is 0. The molecular weight excluding hydrogens is 318 g/mol. The zero-order chi connectivity index (χ0) is 14.7. The molecule has 1 atom stereocenters. The van der Waals surface area contributed by atoms with Crippen LogP contribution in [0.15, 0.2) is 40.9 Å². The molecular formula is C16H18BrNO2. The van der Waals surface area contributed by atoms with Crippen molar-refractivity contribution in [2.24, 2.45) is 5.73 Å². The quantitative estimate of drug-likeness (QED) is 0.923. The number of methoxy groups -OCH3 is 2. The van der Waals surface area contributed by atoms with Crippen LogP contribution in [0.4, 0.5) is 0 Å². The van der Waals surface area contributed by atoms with Crippen LogP contribution in [0.1, 0.15) is 22.7 Å². The second-order valence-electron chi connectivity index (χ2n) is 4.61. The van der Waals surface area contributed by atoms with E-state index < -0.39 is 0 Å². The Bertz CT molecular complexity index is 613. The van der Waals surface area contributed by atoms with E-state index in [1.54, 1.807) is 14.2 Å². The molecule has 0 saturated heterocycles. The summed E-state index contributed by atoms with van der Waals surface area (Å²) in [5.74, 6) is 1.52. The number of hydrogen-bond acceptors (Lipinski definition) is 3. The smallest absolute Gasteiger partial charge is 0.124 e. The van der Waals surface area contributed by atoms with Gasteiger partial charge in [0.25, 0.3) is 0 Å². The third kappa shape index (κ3) is 2.97. The van der Waals surface area contributed by atoms with Gasteiger partial charge in [-0.15, -0.1) is 0 Å². The summed E-state index contributed by atoms with van der Waals surface area (Å²) in [4.78, 5) is 0. The van der Waals surface area contributed by atoms with Crippen molar-refractivity contribution in [1.82, 2.24) is 0 Å². The highest BCUT2D eigenvalue weighted by molar-refractivity contribution is 9.10. The monoisotopic (exact) mass is 335 g/mol. The average molecular weight is 336 g/mol. The maximum Gasteiger partial charge on any atom is 0.124 e. The van der Waals surface area contributed by atoms with Crippen LogP contribution in [0.25, 0.3) is 0 Å². The molecule has 0 radical (unpaired) electrons. The van der Waals surface area contributed by atoms with Crippen LogP contribution >= 0.6 is 15.9 Å². The van der Waals surface area contributed by atoms with Crippen LogP contribution in [-0.4, -0.2) is 14.2 Å². The van der Waals surface area contributed by atoms with E-state index in [1.807, 2.05) is 37.3 Å². The van der Waals surface area contributed by atoms with Gasteiger partial charge in [0.15, 0.2) is 0 Å². The summed E-state index contributed by atoms with van der Waals surface area (Å²) < 4.78 is 11.7. The molecule has 0 fully saturated rings. The molecule has 0 saturated carbocycles. The molecule has 0 heterocycles. The Labute approximate surface area is 127 Å². The summed E-state index contributed by atoms with van der Waals surface area (Å²) in [6, 6.07) is 11.5. The lowest BCUT2D eigenvalue weighted by Crippen LogP contribution is -2.14. The van der Waals surface area contributed by atoms with Crippen molar-refractivity contribution in [3.05, 3.63) is 57.6 Å². The second kappa shape index (κ2) is 6.29. The van der Waals surface area contributed by atoms with E-state index in [2.05, 4.69) is 22.0 Å². The van der Waals surface area contributed by atoms with Gasteiger partial charge in [-0.2, -0.15) is 0 Å². The number of benzene rings is 2. The Morgan fingerprint density at radius 3 is 2.40 bits per heavy atom. The molecule has 2 aromatic rings. The Balaban J connectivity index is 2.51. The third-order valence-corrected chi connectivity index (χ3v) is 3.98. The van der Waals surface area contributed by atoms with Crippen molar-refractivity contribution in [3.8, 4) is 11.5 Å². The molecule has 4 heteroatoms. The fourth-order valence-electron chi connectivity index (χ4n) is 2.15. The molecule has 20 heavy (non-hydrogen) atoms. The Hall–Kier alpha value is -1.52.